The Hall–Kier alpha value is -1.32. The van der Waals surface area contributed by atoms with E-state index in [9.17, 15) is 23.5 Å². The van der Waals surface area contributed by atoms with Gasteiger partial charge >= 0.3 is 12.0 Å². The number of urea groups is 1. The Labute approximate surface area is 100 Å². The number of aliphatic hydroxyl groups excluding tert-OH is 2. The monoisotopic (exact) mass is 266 g/mol. The third-order valence-electron chi connectivity index (χ3n) is 2.93. The fourth-order valence-corrected chi connectivity index (χ4v) is 1.95. The molecule has 2 aliphatic rings. The Balaban J connectivity index is 2.18. The summed E-state index contributed by atoms with van der Waals surface area (Å²) in [5.74, 6) is -4.26. The minimum Gasteiger partial charge on any atom is -0.394 e. The molecule has 0 aromatic heterocycles. The zero-order chi connectivity index (χ0) is 13.5. The van der Waals surface area contributed by atoms with Gasteiger partial charge in [-0.05, 0) is 0 Å². The fourth-order valence-electron chi connectivity index (χ4n) is 1.95. The lowest BCUT2D eigenvalue weighted by Gasteiger charge is -2.33. The number of hydrogen-bond acceptors (Lipinski definition) is 5. The van der Waals surface area contributed by atoms with E-state index < -0.39 is 42.9 Å². The number of alkyl halides is 2. The summed E-state index contributed by atoms with van der Waals surface area (Å²) < 4.78 is 32.2. The number of aliphatic hydroxyl groups is 2. The Morgan fingerprint density at radius 3 is 2.67 bits per heavy atom. The molecule has 0 unspecified atom stereocenters. The average Bonchev–Trinajstić information content (AvgIpc) is 2.52. The Morgan fingerprint density at radius 2 is 2.17 bits per heavy atom. The largest absolute Gasteiger partial charge is 0.394 e. The number of carbonyl (C=O) groups excluding carboxylic acids is 2. The number of hydrogen-bond donors (Lipinski definition) is 3. The minimum atomic E-state index is -3.70. The standard InChI is InChI=1S/C9H12F2N2O5/c10-9(11)6(16)4(3-14)18-7(9)13-2-1-5(15)12-8(13)17/h4,6-7,14,16H,1-3H2,(H,12,15,17)/t4-,6+,7+/m0/s1. The van der Waals surface area contributed by atoms with E-state index in [0.717, 1.165) is 0 Å². The minimum absolute atomic E-state index is 0.123. The molecule has 0 spiro atoms. The maximum Gasteiger partial charge on any atom is 0.326 e. The first-order valence-electron chi connectivity index (χ1n) is 5.30. The molecule has 7 nitrogen and oxygen atoms in total. The number of nitrogens with zero attached hydrogens (tertiary/aromatic N) is 1. The number of carbonyl (C=O) groups is 2. The lowest BCUT2D eigenvalue weighted by atomic mass is 10.1. The number of imide groups is 1. The second-order valence-corrected chi connectivity index (χ2v) is 4.13. The van der Waals surface area contributed by atoms with Crippen LogP contribution in [0.25, 0.3) is 0 Å². The van der Waals surface area contributed by atoms with Crippen molar-refractivity contribution in [1.29, 1.82) is 0 Å². The van der Waals surface area contributed by atoms with Crippen LogP contribution in [0.4, 0.5) is 13.6 Å². The van der Waals surface area contributed by atoms with E-state index in [4.69, 9.17) is 9.84 Å². The molecule has 3 atom stereocenters. The molecule has 0 bridgehead atoms. The maximum absolute atomic E-state index is 13.7. The highest BCUT2D eigenvalue weighted by Crippen LogP contribution is 2.38. The zero-order valence-corrected chi connectivity index (χ0v) is 9.18. The molecule has 0 saturated carbocycles. The molecule has 102 valence electrons. The molecule has 0 radical (unpaired) electrons. The first-order valence-corrected chi connectivity index (χ1v) is 5.30. The van der Waals surface area contributed by atoms with Crippen molar-refractivity contribution in [2.45, 2.75) is 30.8 Å². The van der Waals surface area contributed by atoms with Crippen molar-refractivity contribution in [1.82, 2.24) is 10.2 Å². The van der Waals surface area contributed by atoms with E-state index >= 15 is 0 Å². The Morgan fingerprint density at radius 1 is 1.50 bits per heavy atom. The number of nitrogens with one attached hydrogen (secondary N) is 1. The predicted molar refractivity (Wildman–Crippen MR) is 51.6 cm³/mol. The van der Waals surface area contributed by atoms with Gasteiger partial charge < -0.3 is 14.9 Å². The summed E-state index contributed by atoms with van der Waals surface area (Å²) in [6.45, 7) is -1.02. The smallest absolute Gasteiger partial charge is 0.326 e. The van der Waals surface area contributed by atoms with Gasteiger partial charge in [0.1, 0.15) is 6.10 Å². The van der Waals surface area contributed by atoms with Crippen LogP contribution in [0.15, 0.2) is 0 Å². The van der Waals surface area contributed by atoms with Crippen molar-refractivity contribution in [2.24, 2.45) is 0 Å². The van der Waals surface area contributed by atoms with Crippen molar-refractivity contribution in [2.75, 3.05) is 13.2 Å². The molecule has 2 fully saturated rings. The number of halogens is 2. The van der Waals surface area contributed by atoms with Crippen molar-refractivity contribution >= 4 is 11.9 Å². The Bertz CT molecular complexity index is 378. The highest BCUT2D eigenvalue weighted by Gasteiger charge is 2.61. The maximum atomic E-state index is 13.7. The second kappa shape index (κ2) is 4.41. The van der Waals surface area contributed by atoms with Crippen LogP contribution in [0.1, 0.15) is 6.42 Å². The van der Waals surface area contributed by atoms with Gasteiger partial charge in [-0.2, -0.15) is 8.78 Å². The summed E-state index contributed by atoms with van der Waals surface area (Å²) in [4.78, 5) is 23.0. The summed E-state index contributed by atoms with van der Waals surface area (Å²) in [7, 11) is 0. The molecule has 3 amide bonds. The number of amides is 3. The van der Waals surface area contributed by atoms with Gasteiger partial charge in [0, 0.05) is 13.0 Å². The zero-order valence-electron chi connectivity index (χ0n) is 9.18. The summed E-state index contributed by atoms with van der Waals surface area (Å²) >= 11 is 0. The summed E-state index contributed by atoms with van der Waals surface area (Å²) in [6, 6.07) is -0.998. The van der Waals surface area contributed by atoms with Crippen LogP contribution in [0.3, 0.4) is 0 Å². The van der Waals surface area contributed by atoms with Crippen LogP contribution in [0.2, 0.25) is 0 Å². The van der Waals surface area contributed by atoms with Crippen LogP contribution in [-0.2, 0) is 9.53 Å². The molecule has 0 aromatic rings. The molecule has 3 N–H and O–H groups in total. The molecular formula is C9H12F2N2O5. The fraction of sp³-hybridized carbons (Fsp3) is 0.778. The van der Waals surface area contributed by atoms with Gasteiger partial charge in [-0.3, -0.25) is 15.0 Å². The van der Waals surface area contributed by atoms with Crippen LogP contribution in [0, 0.1) is 0 Å². The van der Waals surface area contributed by atoms with E-state index in [2.05, 4.69) is 0 Å². The van der Waals surface area contributed by atoms with Crippen molar-refractivity contribution in [3.8, 4) is 0 Å². The average molecular weight is 266 g/mol. The topological polar surface area (TPSA) is 99.1 Å². The van der Waals surface area contributed by atoms with Gasteiger partial charge in [0.2, 0.25) is 12.1 Å². The highest BCUT2D eigenvalue weighted by atomic mass is 19.3. The predicted octanol–water partition coefficient (Wildman–Crippen LogP) is -1.36. The lowest BCUT2D eigenvalue weighted by molar-refractivity contribution is -0.158. The molecule has 2 aliphatic heterocycles. The van der Waals surface area contributed by atoms with E-state index in [-0.39, 0.29) is 13.0 Å². The normalized spacial score (nSPS) is 35.8. The summed E-state index contributed by atoms with van der Waals surface area (Å²) in [6.07, 6.45) is -5.77. The van der Waals surface area contributed by atoms with Gasteiger partial charge in [-0.15, -0.1) is 0 Å². The van der Waals surface area contributed by atoms with Gasteiger partial charge in [0.25, 0.3) is 0 Å². The SMILES string of the molecule is O=C1CCN([C@@H]2O[C@@H](CO)[C@@H](O)C2(F)F)C(=O)N1. The molecule has 9 heteroatoms. The van der Waals surface area contributed by atoms with E-state index in [1.165, 1.54) is 0 Å². The molecular weight excluding hydrogens is 254 g/mol. The van der Waals surface area contributed by atoms with Crippen molar-refractivity contribution in [3.63, 3.8) is 0 Å². The second-order valence-electron chi connectivity index (χ2n) is 4.13. The highest BCUT2D eigenvalue weighted by molar-refractivity contribution is 5.96. The lowest BCUT2D eigenvalue weighted by Crippen LogP contribution is -2.58. The molecule has 2 heterocycles. The molecule has 2 rings (SSSR count). The third kappa shape index (κ3) is 1.93. The summed E-state index contributed by atoms with van der Waals surface area (Å²) in [5.41, 5.74) is 0. The molecule has 2 saturated heterocycles. The van der Waals surface area contributed by atoms with E-state index in [0.29, 0.717) is 4.90 Å². The molecule has 18 heavy (non-hydrogen) atoms. The van der Waals surface area contributed by atoms with Gasteiger partial charge in [0.15, 0.2) is 6.10 Å². The van der Waals surface area contributed by atoms with Gasteiger partial charge in [0.05, 0.1) is 6.61 Å². The first kappa shape index (κ1) is 13.1. The first-order chi connectivity index (χ1) is 8.37. The van der Waals surface area contributed by atoms with Gasteiger partial charge in [-0.1, -0.05) is 0 Å². The van der Waals surface area contributed by atoms with Crippen LogP contribution < -0.4 is 5.32 Å². The number of rotatable bonds is 2. The quantitative estimate of drug-likeness (QED) is 0.573. The molecule has 0 aromatic carbocycles. The van der Waals surface area contributed by atoms with Crippen molar-refractivity contribution < 1.29 is 33.3 Å². The van der Waals surface area contributed by atoms with E-state index in [1.807, 2.05) is 5.32 Å². The van der Waals surface area contributed by atoms with Gasteiger partial charge in [-0.25, -0.2) is 4.79 Å². The third-order valence-corrected chi connectivity index (χ3v) is 2.93. The van der Waals surface area contributed by atoms with E-state index in [1.54, 1.807) is 0 Å². The molecule has 0 aliphatic carbocycles. The van der Waals surface area contributed by atoms with Crippen LogP contribution >= 0.6 is 0 Å². The van der Waals surface area contributed by atoms with Crippen LogP contribution in [-0.4, -0.2) is 64.6 Å². The summed E-state index contributed by atoms with van der Waals surface area (Å²) in [5, 5.41) is 20.0. The number of ether oxygens (including phenoxy) is 1. The van der Waals surface area contributed by atoms with Crippen molar-refractivity contribution in [3.05, 3.63) is 0 Å². The van der Waals surface area contributed by atoms with Crippen LogP contribution in [0.5, 0.6) is 0 Å². The Kier molecular flexibility index (Phi) is 3.21.